The molecule has 0 aliphatic carbocycles. The standard InChI is InChI=1S/C20H40N4O3/c1-6-7-14-26-15-8-11-22-18(21-5)23-16-17-9-12-24(13-10-17)19(25)27-20(2,3)4/h17H,6-16H2,1-5H3,(H2,21,22,23). The van der Waals surface area contributed by atoms with Gasteiger partial charge in [-0.1, -0.05) is 13.3 Å². The van der Waals surface area contributed by atoms with Crippen LogP contribution in [0.25, 0.3) is 0 Å². The van der Waals surface area contributed by atoms with Crippen LogP contribution in [0.3, 0.4) is 0 Å². The van der Waals surface area contributed by atoms with Gasteiger partial charge in [0.05, 0.1) is 0 Å². The Bertz CT molecular complexity index is 441. The SMILES string of the molecule is CCCCOCCCNC(=NC)NCC1CCN(C(=O)OC(C)(C)C)CC1. The first-order chi connectivity index (χ1) is 12.9. The van der Waals surface area contributed by atoms with E-state index in [1.807, 2.05) is 25.7 Å². The first kappa shape index (κ1) is 23.5. The quantitative estimate of drug-likeness (QED) is 0.363. The lowest BCUT2D eigenvalue weighted by Crippen LogP contribution is -2.45. The third kappa shape index (κ3) is 11.1. The van der Waals surface area contributed by atoms with Crippen molar-refractivity contribution in [2.45, 2.75) is 65.4 Å². The Morgan fingerprint density at radius 2 is 1.81 bits per heavy atom. The van der Waals surface area contributed by atoms with Crippen molar-refractivity contribution < 1.29 is 14.3 Å². The van der Waals surface area contributed by atoms with Gasteiger partial charge in [0.25, 0.3) is 0 Å². The number of guanidine groups is 1. The van der Waals surface area contributed by atoms with E-state index in [1.54, 1.807) is 7.05 Å². The van der Waals surface area contributed by atoms with E-state index in [1.165, 1.54) is 6.42 Å². The molecule has 0 aromatic heterocycles. The number of carbonyl (C=O) groups excluding carboxylic acids is 1. The van der Waals surface area contributed by atoms with Crippen LogP contribution in [-0.2, 0) is 9.47 Å². The van der Waals surface area contributed by atoms with Gasteiger partial charge in [0.1, 0.15) is 5.60 Å². The zero-order chi connectivity index (χ0) is 20.1. The van der Waals surface area contributed by atoms with E-state index in [4.69, 9.17) is 9.47 Å². The molecule has 0 atom stereocenters. The zero-order valence-electron chi connectivity index (χ0n) is 18.0. The van der Waals surface area contributed by atoms with Crippen LogP contribution in [-0.4, -0.2) is 69.0 Å². The van der Waals surface area contributed by atoms with Gasteiger partial charge in [0.15, 0.2) is 5.96 Å². The number of hydrogen-bond donors (Lipinski definition) is 2. The maximum atomic E-state index is 12.1. The maximum absolute atomic E-state index is 12.1. The molecule has 0 spiro atoms. The predicted octanol–water partition coefficient (Wildman–Crippen LogP) is 3.01. The molecule has 0 saturated carbocycles. The third-order valence-electron chi connectivity index (χ3n) is 4.45. The van der Waals surface area contributed by atoms with E-state index in [0.29, 0.717) is 5.92 Å². The predicted molar refractivity (Wildman–Crippen MR) is 110 cm³/mol. The summed E-state index contributed by atoms with van der Waals surface area (Å²) in [7, 11) is 1.79. The molecule has 1 rings (SSSR count). The van der Waals surface area contributed by atoms with Gasteiger partial charge in [0, 0.05) is 46.4 Å². The van der Waals surface area contributed by atoms with E-state index in [9.17, 15) is 4.79 Å². The highest BCUT2D eigenvalue weighted by Crippen LogP contribution is 2.19. The highest BCUT2D eigenvalue weighted by molar-refractivity contribution is 5.79. The fourth-order valence-corrected chi connectivity index (χ4v) is 2.84. The first-order valence-corrected chi connectivity index (χ1v) is 10.4. The van der Waals surface area contributed by atoms with Crippen LogP contribution in [0, 0.1) is 5.92 Å². The van der Waals surface area contributed by atoms with Gasteiger partial charge in [-0.05, 0) is 52.4 Å². The minimum atomic E-state index is -0.436. The second-order valence-corrected chi connectivity index (χ2v) is 8.11. The lowest BCUT2D eigenvalue weighted by Gasteiger charge is -2.33. The van der Waals surface area contributed by atoms with Gasteiger partial charge in [-0.25, -0.2) is 4.79 Å². The fourth-order valence-electron chi connectivity index (χ4n) is 2.84. The molecule has 1 fully saturated rings. The van der Waals surface area contributed by atoms with Crippen LogP contribution in [0.5, 0.6) is 0 Å². The van der Waals surface area contributed by atoms with Gasteiger partial charge in [0.2, 0.25) is 0 Å². The number of amides is 1. The largest absolute Gasteiger partial charge is 0.444 e. The van der Waals surface area contributed by atoms with Crippen LogP contribution in [0.15, 0.2) is 4.99 Å². The summed E-state index contributed by atoms with van der Waals surface area (Å²) in [5, 5.41) is 6.72. The smallest absolute Gasteiger partial charge is 0.410 e. The minimum absolute atomic E-state index is 0.201. The molecule has 2 N–H and O–H groups in total. The molecule has 0 aromatic rings. The Morgan fingerprint density at radius 1 is 1.15 bits per heavy atom. The number of rotatable bonds is 9. The Balaban J connectivity index is 2.15. The maximum Gasteiger partial charge on any atom is 0.410 e. The molecule has 0 aromatic carbocycles. The summed E-state index contributed by atoms with van der Waals surface area (Å²) in [6.07, 6.45) is 5.03. The number of nitrogens with one attached hydrogen (secondary N) is 2. The number of unbranched alkanes of at least 4 members (excludes halogenated alkanes) is 1. The zero-order valence-corrected chi connectivity index (χ0v) is 18.0. The molecule has 1 heterocycles. The molecule has 1 saturated heterocycles. The summed E-state index contributed by atoms with van der Waals surface area (Å²) >= 11 is 0. The topological polar surface area (TPSA) is 75.2 Å². The van der Waals surface area contributed by atoms with E-state index in [2.05, 4.69) is 22.5 Å². The van der Waals surface area contributed by atoms with Gasteiger partial charge >= 0.3 is 6.09 Å². The lowest BCUT2D eigenvalue weighted by molar-refractivity contribution is 0.0185. The van der Waals surface area contributed by atoms with Crippen molar-refractivity contribution in [1.29, 1.82) is 0 Å². The molecular formula is C20H40N4O3. The van der Waals surface area contributed by atoms with Crippen molar-refractivity contribution in [3.8, 4) is 0 Å². The van der Waals surface area contributed by atoms with Crippen LogP contribution in [0.1, 0.15) is 59.8 Å². The Labute approximate surface area is 165 Å². The second-order valence-electron chi connectivity index (χ2n) is 8.11. The highest BCUT2D eigenvalue weighted by Gasteiger charge is 2.26. The number of likely N-dealkylation sites (tertiary alicyclic amines) is 1. The fraction of sp³-hybridized carbons (Fsp3) is 0.900. The lowest BCUT2D eigenvalue weighted by atomic mass is 9.97. The molecule has 7 nitrogen and oxygen atoms in total. The summed E-state index contributed by atoms with van der Waals surface area (Å²) in [5.74, 6) is 1.37. The number of carbonyl (C=O) groups is 1. The summed E-state index contributed by atoms with van der Waals surface area (Å²) in [4.78, 5) is 18.2. The number of ether oxygens (including phenoxy) is 2. The van der Waals surface area contributed by atoms with Crippen molar-refractivity contribution >= 4 is 12.1 Å². The van der Waals surface area contributed by atoms with E-state index in [0.717, 1.165) is 71.0 Å². The van der Waals surface area contributed by atoms with Crippen LogP contribution < -0.4 is 10.6 Å². The van der Waals surface area contributed by atoms with E-state index < -0.39 is 5.60 Å². The van der Waals surface area contributed by atoms with Crippen LogP contribution in [0.2, 0.25) is 0 Å². The molecule has 0 radical (unpaired) electrons. The summed E-state index contributed by atoms with van der Waals surface area (Å²) < 4.78 is 11.0. The normalized spacial score (nSPS) is 16.3. The molecule has 0 bridgehead atoms. The summed E-state index contributed by atoms with van der Waals surface area (Å²) in [6, 6.07) is 0. The minimum Gasteiger partial charge on any atom is -0.444 e. The molecule has 1 amide bonds. The highest BCUT2D eigenvalue weighted by atomic mass is 16.6. The monoisotopic (exact) mass is 384 g/mol. The van der Waals surface area contributed by atoms with Crippen molar-refractivity contribution in [2.75, 3.05) is 46.4 Å². The molecule has 0 unspecified atom stereocenters. The Kier molecular flexibility index (Phi) is 11.2. The van der Waals surface area contributed by atoms with Crippen molar-refractivity contribution in [3.05, 3.63) is 0 Å². The third-order valence-corrected chi connectivity index (χ3v) is 4.45. The van der Waals surface area contributed by atoms with Crippen molar-refractivity contribution in [1.82, 2.24) is 15.5 Å². The number of aliphatic imine (C=N–C) groups is 1. The van der Waals surface area contributed by atoms with Gasteiger partial charge in [-0.15, -0.1) is 0 Å². The number of hydrogen-bond acceptors (Lipinski definition) is 4. The van der Waals surface area contributed by atoms with Crippen LogP contribution in [0.4, 0.5) is 4.79 Å². The van der Waals surface area contributed by atoms with Gasteiger partial charge < -0.3 is 25.0 Å². The molecule has 27 heavy (non-hydrogen) atoms. The molecule has 1 aliphatic heterocycles. The van der Waals surface area contributed by atoms with Gasteiger partial charge in [-0.2, -0.15) is 0 Å². The second kappa shape index (κ2) is 12.8. The first-order valence-electron chi connectivity index (χ1n) is 10.4. The Hall–Kier alpha value is -1.50. The summed E-state index contributed by atoms with van der Waals surface area (Å²) in [6.45, 7) is 12.7. The van der Waals surface area contributed by atoms with Crippen LogP contribution >= 0.6 is 0 Å². The number of nitrogens with zero attached hydrogens (tertiary/aromatic N) is 2. The Morgan fingerprint density at radius 3 is 2.41 bits per heavy atom. The number of piperidine rings is 1. The van der Waals surface area contributed by atoms with E-state index in [-0.39, 0.29) is 6.09 Å². The molecular weight excluding hydrogens is 344 g/mol. The molecule has 7 heteroatoms. The van der Waals surface area contributed by atoms with E-state index >= 15 is 0 Å². The molecule has 1 aliphatic rings. The molecule has 158 valence electrons. The van der Waals surface area contributed by atoms with Crippen molar-refractivity contribution in [2.24, 2.45) is 10.9 Å². The summed E-state index contributed by atoms with van der Waals surface area (Å²) in [5.41, 5.74) is -0.436. The van der Waals surface area contributed by atoms with Crippen molar-refractivity contribution in [3.63, 3.8) is 0 Å². The average molecular weight is 385 g/mol. The van der Waals surface area contributed by atoms with Gasteiger partial charge in [-0.3, -0.25) is 4.99 Å². The average Bonchev–Trinajstić information content (AvgIpc) is 2.62.